The van der Waals surface area contributed by atoms with Crippen molar-refractivity contribution in [2.75, 3.05) is 57.6 Å². The number of morpholine rings is 1. The summed E-state index contributed by atoms with van der Waals surface area (Å²) >= 11 is 0. The first-order valence-electron chi connectivity index (χ1n) is 24.1. The van der Waals surface area contributed by atoms with E-state index < -0.39 is 17.5 Å². The fraction of sp³-hybridized carbons (Fsp3) is 0.429. The van der Waals surface area contributed by atoms with Gasteiger partial charge < -0.3 is 33.3 Å². The van der Waals surface area contributed by atoms with Crippen molar-refractivity contribution in [2.45, 2.75) is 102 Å². The lowest BCUT2D eigenvalue weighted by Gasteiger charge is -2.40. The van der Waals surface area contributed by atoms with Gasteiger partial charge in [0.15, 0.2) is 5.60 Å². The molecule has 2 fully saturated rings. The normalized spacial score (nSPS) is 19.0. The van der Waals surface area contributed by atoms with Crippen molar-refractivity contribution in [2.24, 2.45) is 0 Å². The number of ether oxygens (including phenoxy) is 6. The third-order valence-corrected chi connectivity index (χ3v) is 13.8. The summed E-state index contributed by atoms with van der Waals surface area (Å²) in [7, 11) is 0. The van der Waals surface area contributed by atoms with E-state index in [1.54, 1.807) is 6.92 Å². The molecule has 1 saturated carbocycles. The standard InChI is InChI=1S/C56H63NO8/c1-3-4-34-61-39-40(2)64-51(59)27-26-50(58)63-38-37-62-44-24-20-42(21-25-44)56(41-18-22-43(23-19-41)57-32-35-60-36-33-57)31-28-48-53-52(45-14-8-9-15-46(45)54(48)65-56)47-16-10-11-17-49(47)55(53)29-12-6-5-7-13-30-55/h8-11,14-25,28,31,40H,3-7,12-13,26-27,29-30,32-39H2,1-2H3. The first kappa shape index (κ1) is 44.6. The Bertz CT molecular complexity index is 2460. The van der Waals surface area contributed by atoms with Gasteiger partial charge in [-0.05, 0) is 84.2 Å². The summed E-state index contributed by atoms with van der Waals surface area (Å²) in [5.41, 5.74) is 9.00. The van der Waals surface area contributed by atoms with Crippen LogP contribution in [0.4, 0.5) is 5.69 Å². The van der Waals surface area contributed by atoms with E-state index in [1.165, 1.54) is 71.0 Å². The highest BCUT2D eigenvalue weighted by molar-refractivity contribution is 6.08. The molecule has 2 unspecified atom stereocenters. The monoisotopic (exact) mass is 877 g/mol. The molecule has 2 atom stereocenters. The third kappa shape index (κ3) is 9.28. The van der Waals surface area contributed by atoms with E-state index in [0.29, 0.717) is 19.0 Å². The molecule has 9 rings (SSSR count). The lowest BCUT2D eigenvalue weighted by molar-refractivity contribution is -0.155. The summed E-state index contributed by atoms with van der Waals surface area (Å²) in [6.07, 6.45) is 14.7. The molecule has 5 aromatic rings. The molecule has 0 amide bonds. The average molecular weight is 878 g/mol. The number of hydrogen-bond acceptors (Lipinski definition) is 9. The summed E-state index contributed by atoms with van der Waals surface area (Å²) < 4.78 is 35.7. The maximum Gasteiger partial charge on any atom is 0.306 e. The van der Waals surface area contributed by atoms with Gasteiger partial charge in [0.2, 0.25) is 0 Å². The molecular weight excluding hydrogens is 815 g/mol. The summed E-state index contributed by atoms with van der Waals surface area (Å²) in [6.45, 7) is 8.24. The maximum atomic E-state index is 12.5. The zero-order valence-electron chi connectivity index (χ0n) is 38.1. The molecule has 9 heteroatoms. The van der Waals surface area contributed by atoms with Gasteiger partial charge in [-0.2, -0.15) is 0 Å². The third-order valence-electron chi connectivity index (χ3n) is 13.8. The van der Waals surface area contributed by atoms with Crippen LogP contribution in [0.5, 0.6) is 11.5 Å². The first-order chi connectivity index (χ1) is 31.9. The molecule has 2 aliphatic carbocycles. The number of rotatable bonds is 16. The quantitative estimate of drug-likeness (QED) is 0.0709. The van der Waals surface area contributed by atoms with Gasteiger partial charge in [-0.15, -0.1) is 0 Å². The molecular formula is C56H63NO8. The van der Waals surface area contributed by atoms with Gasteiger partial charge in [0.1, 0.15) is 30.8 Å². The fourth-order valence-corrected chi connectivity index (χ4v) is 10.6. The van der Waals surface area contributed by atoms with E-state index in [9.17, 15) is 9.59 Å². The van der Waals surface area contributed by atoms with Crippen molar-refractivity contribution < 1.29 is 38.0 Å². The number of fused-ring (bicyclic) bond motifs is 10. The van der Waals surface area contributed by atoms with Gasteiger partial charge in [0.05, 0.1) is 32.7 Å². The number of nitrogens with zero attached hydrogens (tertiary/aromatic N) is 1. The van der Waals surface area contributed by atoms with Crippen LogP contribution in [0.25, 0.3) is 28.0 Å². The molecule has 1 saturated heterocycles. The van der Waals surface area contributed by atoms with E-state index in [1.807, 2.05) is 12.1 Å². The molecule has 0 bridgehead atoms. The van der Waals surface area contributed by atoms with Crippen LogP contribution < -0.4 is 14.4 Å². The Morgan fingerprint density at radius 2 is 1.43 bits per heavy atom. The number of carbonyl (C=O) groups excluding carboxylic acids is 2. The molecule has 0 radical (unpaired) electrons. The van der Waals surface area contributed by atoms with E-state index in [0.717, 1.165) is 74.2 Å². The van der Waals surface area contributed by atoms with Crippen LogP contribution >= 0.6 is 0 Å². The molecule has 1 spiro atoms. The van der Waals surface area contributed by atoms with E-state index in [-0.39, 0.29) is 37.6 Å². The Labute approximate surface area is 384 Å². The van der Waals surface area contributed by atoms with Gasteiger partial charge in [0.25, 0.3) is 0 Å². The Balaban J connectivity index is 0.976. The van der Waals surface area contributed by atoms with Crippen LogP contribution in [0.15, 0.2) is 103 Å². The molecule has 4 aliphatic rings. The van der Waals surface area contributed by atoms with Crippen LogP contribution in [0, 0.1) is 0 Å². The zero-order chi connectivity index (χ0) is 44.6. The molecule has 340 valence electrons. The minimum Gasteiger partial charge on any atom is -0.490 e. The number of benzene rings is 5. The number of anilines is 1. The number of unbranched alkanes of at least 4 members (excludes halogenated alkanes) is 1. The summed E-state index contributed by atoms with van der Waals surface area (Å²) in [5.74, 6) is 0.652. The van der Waals surface area contributed by atoms with Crippen LogP contribution in [0.2, 0.25) is 0 Å². The van der Waals surface area contributed by atoms with Crippen molar-refractivity contribution in [3.63, 3.8) is 0 Å². The highest BCUT2D eigenvalue weighted by atomic mass is 16.6. The Kier molecular flexibility index (Phi) is 13.9. The average Bonchev–Trinajstić information content (AvgIpc) is 3.63. The Morgan fingerprint density at radius 1 is 0.754 bits per heavy atom. The minimum atomic E-state index is -0.942. The molecule has 0 aromatic heterocycles. The Hall–Kier alpha value is -5.64. The second kappa shape index (κ2) is 20.3. The molecule has 0 N–H and O–H groups in total. The second-order valence-corrected chi connectivity index (χ2v) is 18.1. The van der Waals surface area contributed by atoms with Crippen LogP contribution in [0.3, 0.4) is 0 Å². The van der Waals surface area contributed by atoms with Crippen LogP contribution in [-0.2, 0) is 39.6 Å². The predicted octanol–water partition coefficient (Wildman–Crippen LogP) is 11.5. The molecule has 9 nitrogen and oxygen atoms in total. The van der Waals surface area contributed by atoms with Crippen LogP contribution in [0.1, 0.15) is 112 Å². The van der Waals surface area contributed by atoms with Crippen molar-refractivity contribution in [1.82, 2.24) is 0 Å². The van der Waals surface area contributed by atoms with E-state index in [2.05, 4.69) is 109 Å². The smallest absolute Gasteiger partial charge is 0.306 e. The highest BCUT2D eigenvalue weighted by Gasteiger charge is 2.48. The fourth-order valence-electron chi connectivity index (χ4n) is 10.6. The summed E-state index contributed by atoms with van der Waals surface area (Å²) in [6, 6.07) is 34.9. The second-order valence-electron chi connectivity index (χ2n) is 18.1. The minimum absolute atomic E-state index is 0.0497. The number of hydrogen-bond donors (Lipinski definition) is 0. The molecule has 2 heterocycles. The van der Waals surface area contributed by atoms with Gasteiger partial charge >= 0.3 is 11.9 Å². The van der Waals surface area contributed by atoms with Gasteiger partial charge in [0, 0.05) is 52.9 Å². The largest absolute Gasteiger partial charge is 0.490 e. The predicted molar refractivity (Wildman–Crippen MR) is 256 cm³/mol. The highest BCUT2D eigenvalue weighted by Crippen LogP contribution is 2.61. The van der Waals surface area contributed by atoms with Crippen molar-refractivity contribution in [1.29, 1.82) is 0 Å². The lowest BCUT2D eigenvalue weighted by atomic mass is 9.67. The van der Waals surface area contributed by atoms with E-state index in [4.69, 9.17) is 28.4 Å². The molecule has 2 aliphatic heterocycles. The SMILES string of the molecule is CCCCOCC(C)OC(=O)CCC(=O)OCCOc1ccc(C2(c3ccc(N4CCOCC4)cc3)C=Cc3c4c(c5ccccc5c3O2)-c2ccccc2C42CCCCCCC2)cc1. The lowest BCUT2D eigenvalue weighted by Crippen LogP contribution is -2.37. The van der Waals surface area contributed by atoms with E-state index >= 15 is 0 Å². The summed E-state index contributed by atoms with van der Waals surface area (Å²) in [5, 5.41) is 2.35. The topological polar surface area (TPSA) is 92.8 Å². The Morgan fingerprint density at radius 3 is 2.18 bits per heavy atom. The van der Waals surface area contributed by atoms with Crippen molar-refractivity contribution in [3.05, 3.63) is 131 Å². The molecule has 5 aromatic carbocycles. The number of carbonyl (C=O) groups is 2. The van der Waals surface area contributed by atoms with Crippen molar-refractivity contribution >= 4 is 34.5 Å². The van der Waals surface area contributed by atoms with Gasteiger partial charge in [-0.1, -0.05) is 124 Å². The molecule has 65 heavy (non-hydrogen) atoms. The maximum absolute atomic E-state index is 12.5. The van der Waals surface area contributed by atoms with Crippen molar-refractivity contribution in [3.8, 4) is 22.6 Å². The van der Waals surface area contributed by atoms with Crippen LogP contribution in [-0.4, -0.2) is 70.8 Å². The zero-order valence-corrected chi connectivity index (χ0v) is 38.1. The first-order valence-corrected chi connectivity index (χ1v) is 24.1. The van der Waals surface area contributed by atoms with Gasteiger partial charge in [-0.3, -0.25) is 9.59 Å². The van der Waals surface area contributed by atoms with Gasteiger partial charge in [-0.25, -0.2) is 0 Å². The number of esters is 2. The summed E-state index contributed by atoms with van der Waals surface area (Å²) in [4.78, 5) is 27.1.